The number of hydrogen-bond acceptors (Lipinski definition) is 4. The Bertz CT molecular complexity index is 1240. The zero-order chi connectivity index (χ0) is 21.7. The molecule has 10 heteroatoms. The van der Waals surface area contributed by atoms with Gasteiger partial charge in [-0.3, -0.25) is 14.3 Å². The Kier molecular flexibility index (Phi) is 4.78. The van der Waals surface area contributed by atoms with E-state index in [1.54, 1.807) is 30.3 Å². The Morgan fingerprint density at radius 2 is 1.93 bits per heavy atom. The topological polar surface area (TPSA) is 101 Å². The van der Waals surface area contributed by atoms with Gasteiger partial charge in [0, 0.05) is 18.2 Å². The summed E-state index contributed by atoms with van der Waals surface area (Å²) >= 11 is 5.94. The van der Waals surface area contributed by atoms with E-state index in [9.17, 15) is 18.0 Å². The summed E-state index contributed by atoms with van der Waals surface area (Å²) < 4.78 is 41.9. The van der Waals surface area contributed by atoms with Crippen molar-refractivity contribution in [3.63, 3.8) is 0 Å². The van der Waals surface area contributed by atoms with E-state index in [2.05, 4.69) is 5.10 Å². The van der Waals surface area contributed by atoms with E-state index in [1.165, 1.54) is 12.3 Å². The number of aromatic nitrogens is 2. The van der Waals surface area contributed by atoms with Gasteiger partial charge in [-0.15, -0.1) is 0 Å². The van der Waals surface area contributed by atoms with Crippen LogP contribution in [0.2, 0.25) is 5.02 Å². The average Bonchev–Trinajstić information content (AvgIpc) is 3.43. The molecular weight excluding hydrogens is 433 g/mol. The van der Waals surface area contributed by atoms with Crippen molar-refractivity contribution in [1.29, 1.82) is 0 Å². The van der Waals surface area contributed by atoms with Crippen LogP contribution in [0.15, 0.2) is 59.3 Å². The summed E-state index contributed by atoms with van der Waals surface area (Å²) in [5, 5.41) is 2.61. The molecule has 0 saturated heterocycles. The Balaban J connectivity index is 1.86. The van der Waals surface area contributed by atoms with Crippen molar-refractivity contribution in [2.24, 2.45) is 5.41 Å². The van der Waals surface area contributed by atoms with E-state index in [-0.39, 0.29) is 24.3 Å². The molecule has 0 bridgehead atoms. The molecule has 2 aliphatic carbocycles. The van der Waals surface area contributed by atoms with E-state index < -0.39 is 38.3 Å². The lowest BCUT2D eigenvalue weighted by Gasteiger charge is -2.40. The number of rotatable bonds is 5. The summed E-state index contributed by atoms with van der Waals surface area (Å²) in [7, 11) is -3.84. The smallest absolute Gasteiger partial charge is 0.286 e. The quantitative estimate of drug-likeness (QED) is 0.729. The van der Waals surface area contributed by atoms with Crippen LogP contribution in [0.5, 0.6) is 0 Å². The number of allylic oxidation sites excluding steroid dienone is 4. The van der Waals surface area contributed by atoms with Gasteiger partial charge >= 0.3 is 0 Å². The average molecular weight is 452 g/mol. The molecule has 2 aliphatic rings. The normalized spacial score (nSPS) is 22.8. The van der Waals surface area contributed by atoms with E-state index in [0.717, 1.165) is 10.9 Å². The molecule has 0 radical (unpaired) electrons. The number of H-pyrrole nitrogens is 1. The van der Waals surface area contributed by atoms with Crippen LogP contribution >= 0.6 is 11.6 Å². The van der Waals surface area contributed by atoms with Gasteiger partial charge in [0.1, 0.15) is 16.4 Å². The second-order valence-corrected chi connectivity index (χ2v) is 9.82. The monoisotopic (exact) mass is 451 g/mol. The van der Waals surface area contributed by atoms with Crippen LogP contribution in [0.4, 0.5) is 4.39 Å². The Morgan fingerprint density at radius 3 is 2.43 bits per heavy atom. The highest BCUT2D eigenvalue weighted by Gasteiger charge is 2.66. The van der Waals surface area contributed by atoms with Crippen LogP contribution in [0.25, 0.3) is 5.57 Å². The number of carbonyl (C=O) groups is 1. The number of hydrogen-bond donors (Lipinski definition) is 2. The van der Waals surface area contributed by atoms with Crippen molar-refractivity contribution in [1.82, 2.24) is 14.5 Å². The molecule has 4 rings (SSSR count). The van der Waals surface area contributed by atoms with Gasteiger partial charge in [0.15, 0.2) is 0 Å². The summed E-state index contributed by atoms with van der Waals surface area (Å²) in [6.07, 6.45) is 5.53. The molecule has 0 spiro atoms. The summed E-state index contributed by atoms with van der Waals surface area (Å²) in [5.74, 6) is -1.29. The van der Waals surface area contributed by atoms with Gasteiger partial charge in [-0.25, -0.2) is 17.5 Å². The van der Waals surface area contributed by atoms with Crippen molar-refractivity contribution in [2.45, 2.75) is 24.8 Å². The number of amides is 1. The van der Waals surface area contributed by atoms with Crippen molar-refractivity contribution in [2.75, 3.05) is 6.26 Å². The van der Waals surface area contributed by atoms with E-state index in [1.807, 2.05) is 10.8 Å². The number of benzene rings is 1. The van der Waals surface area contributed by atoms with Crippen molar-refractivity contribution in [3.05, 3.63) is 75.4 Å². The van der Waals surface area contributed by atoms with Crippen molar-refractivity contribution in [3.8, 4) is 0 Å². The van der Waals surface area contributed by atoms with E-state index in [0.29, 0.717) is 11.1 Å². The number of halogens is 2. The highest BCUT2D eigenvalue weighted by Crippen LogP contribution is 2.61. The summed E-state index contributed by atoms with van der Waals surface area (Å²) in [6, 6.07) is 8.89. The van der Waals surface area contributed by atoms with Crippen LogP contribution in [-0.4, -0.2) is 30.4 Å². The predicted octanol–water partition coefficient (Wildman–Crippen LogP) is 2.72. The van der Waals surface area contributed by atoms with Gasteiger partial charge in [-0.2, -0.15) is 0 Å². The van der Waals surface area contributed by atoms with Gasteiger partial charge in [0.2, 0.25) is 15.9 Å². The minimum absolute atomic E-state index is 0.111. The molecule has 0 aliphatic heterocycles. The molecule has 7 nitrogen and oxygen atoms in total. The molecule has 30 heavy (non-hydrogen) atoms. The fraction of sp³-hybridized carbons (Fsp3) is 0.300. The summed E-state index contributed by atoms with van der Waals surface area (Å²) in [4.78, 5) is 25.7. The first-order valence-electron chi connectivity index (χ1n) is 9.22. The number of carbonyl (C=O) groups excluding carboxylic acids is 1. The third kappa shape index (κ3) is 3.22. The predicted molar refractivity (Wildman–Crippen MR) is 111 cm³/mol. The largest absolute Gasteiger partial charge is 0.300 e. The van der Waals surface area contributed by atoms with Crippen LogP contribution in [-0.2, 0) is 20.4 Å². The lowest BCUT2D eigenvalue weighted by molar-refractivity contribution is -0.128. The lowest BCUT2D eigenvalue weighted by Crippen LogP contribution is -2.54. The summed E-state index contributed by atoms with van der Waals surface area (Å²) in [5.41, 5.74) is -2.40. The molecule has 2 N–H and O–H groups in total. The zero-order valence-electron chi connectivity index (χ0n) is 16.0. The van der Waals surface area contributed by atoms with Crippen LogP contribution < -0.4 is 10.3 Å². The zero-order valence-corrected chi connectivity index (χ0v) is 17.6. The number of nitrogens with zero attached hydrogens (tertiary/aromatic N) is 1. The second-order valence-electron chi connectivity index (χ2n) is 7.67. The number of nitrogens with one attached hydrogen (secondary N) is 2. The third-order valence-electron chi connectivity index (χ3n) is 5.75. The van der Waals surface area contributed by atoms with Gasteiger partial charge < -0.3 is 5.10 Å². The van der Waals surface area contributed by atoms with Crippen LogP contribution in [0, 0.1) is 5.41 Å². The van der Waals surface area contributed by atoms with Crippen molar-refractivity contribution < 1.29 is 17.6 Å². The Morgan fingerprint density at radius 1 is 1.27 bits per heavy atom. The molecule has 158 valence electrons. The second kappa shape index (κ2) is 6.95. The van der Waals surface area contributed by atoms with Crippen molar-refractivity contribution >= 4 is 33.1 Å². The van der Waals surface area contributed by atoms with Crippen LogP contribution in [0.1, 0.15) is 24.8 Å². The molecule has 2 aromatic rings. The fourth-order valence-corrected chi connectivity index (χ4v) is 4.83. The minimum Gasteiger partial charge on any atom is -0.300 e. The first-order chi connectivity index (χ1) is 14.1. The minimum atomic E-state index is -3.84. The Hall–Kier alpha value is -2.65. The molecule has 1 aromatic heterocycles. The lowest BCUT2D eigenvalue weighted by atomic mass is 9.73. The molecule has 1 heterocycles. The molecule has 1 unspecified atom stereocenters. The standard InChI is InChI=1S/C20H19ClFN3O4S/c1-30(28,29)24-18(27)19(9-10-19)20(25-17(26)15(21)12-23-25)8-7-14(16(22)11-20)13-5-3-2-4-6-13/h2-8,12,23H,9-11H2,1H3,(H,24,27). The van der Waals surface area contributed by atoms with Gasteiger partial charge in [-0.1, -0.05) is 54.1 Å². The van der Waals surface area contributed by atoms with Gasteiger partial charge in [0.05, 0.1) is 11.7 Å². The molecular formula is C20H19ClFN3O4S. The maximum Gasteiger partial charge on any atom is 0.286 e. The third-order valence-corrected chi connectivity index (χ3v) is 6.57. The fourth-order valence-electron chi connectivity index (χ4n) is 4.16. The maximum absolute atomic E-state index is 15.4. The molecule has 1 saturated carbocycles. The first kappa shape index (κ1) is 20.6. The highest BCUT2D eigenvalue weighted by atomic mass is 35.5. The highest BCUT2D eigenvalue weighted by molar-refractivity contribution is 7.89. The maximum atomic E-state index is 15.4. The summed E-state index contributed by atoms with van der Waals surface area (Å²) in [6.45, 7) is 0. The molecule has 1 fully saturated rings. The van der Waals surface area contributed by atoms with E-state index in [4.69, 9.17) is 11.6 Å². The number of aromatic amines is 1. The first-order valence-corrected chi connectivity index (χ1v) is 11.5. The van der Waals surface area contributed by atoms with Crippen LogP contribution in [0.3, 0.4) is 0 Å². The van der Waals surface area contributed by atoms with E-state index >= 15 is 4.39 Å². The van der Waals surface area contributed by atoms with Gasteiger partial charge in [0.25, 0.3) is 5.56 Å². The van der Waals surface area contributed by atoms with Gasteiger partial charge in [-0.05, 0) is 18.4 Å². The Labute approximate surface area is 177 Å². The number of sulfonamides is 1. The molecule has 1 amide bonds. The SMILES string of the molecule is CS(=O)(=O)NC(=O)C1(C2(n3[nH]cc(Cl)c3=O)C=CC(c3ccccc3)=C(F)C2)CC1. The molecule has 1 aromatic carbocycles. The molecule has 1 atom stereocenters.